The monoisotopic (exact) mass is 408 g/mol. The normalized spacial score (nSPS) is 17.3. The first-order valence-corrected chi connectivity index (χ1v) is 11.0. The first-order chi connectivity index (χ1) is 14.1. The highest BCUT2D eigenvalue weighted by molar-refractivity contribution is 7.92. The summed E-state index contributed by atoms with van der Waals surface area (Å²) in [4.78, 5) is 9.54. The molecule has 5 rings (SSSR count). The van der Waals surface area contributed by atoms with E-state index in [1.807, 2.05) is 24.3 Å². The van der Waals surface area contributed by atoms with Gasteiger partial charge in [-0.1, -0.05) is 30.3 Å². The SMILES string of the molecule is Nc1c(S(=O)(=O)c2ccccc2)c2nc3ccccc3nc2n1C[C@H]1CCCO1. The molecule has 7 nitrogen and oxygen atoms in total. The fourth-order valence-corrected chi connectivity index (χ4v) is 5.38. The van der Waals surface area contributed by atoms with Gasteiger partial charge in [0.2, 0.25) is 9.84 Å². The van der Waals surface area contributed by atoms with Crippen molar-refractivity contribution in [2.45, 2.75) is 35.3 Å². The summed E-state index contributed by atoms with van der Waals surface area (Å²) >= 11 is 0. The third-order valence-electron chi connectivity index (χ3n) is 5.28. The van der Waals surface area contributed by atoms with Crippen LogP contribution >= 0.6 is 0 Å². The lowest BCUT2D eigenvalue weighted by Crippen LogP contribution is -2.17. The van der Waals surface area contributed by atoms with Crippen LogP contribution < -0.4 is 5.73 Å². The van der Waals surface area contributed by atoms with Crippen molar-refractivity contribution in [2.75, 3.05) is 12.3 Å². The topological polar surface area (TPSA) is 100 Å². The van der Waals surface area contributed by atoms with E-state index >= 15 is 0 Å². The summed E-state index contributed by atoms with van der Waals surface area (Å²) in [5, 5.41) is 0. The summed E-state index contributed by atoms with van der Waals surface area (Å²) in [5.41, 5.74) is 8.50. The maximum absolute atomic E-state index is 13.5. The molecule has 1 atom stereocenters. The Morgan fingerprint density at radius 2 is 1.72 bits per heavy atom. The van der Waals surface area contributed by atoms with Crippen LogP contribution in [0, 0.1) is 0 Å². The number of aromatic nitrogens is 3. The van der Waals surface area contributed by atoms with Crippen LogP contribution in [0.4, 0.5) is 5.82 Å². The zero-order valence-electron chi connectivity index (χ0n) is 15.7. The molecule has 1 saturated heterocycles. The molecule has 2 N–H and O–H groups in total. The molecule has 1 fully saturated rings. The van der Waals surface area contributed by atoms with Crippen molar-refractivity contribution in [1.82, 2.24) is 14.5 Å². The van der Waals surface area contributed by atoms with Crippen LogP contribution in [-0.2, 0) is 21.1 Å². The van der Waals surface area contributed by atoms with E-state index in [0.29, 0.717) is 35.3 Å². The molecule has 3 heterocycles. The van der Waals surface area contributed by atoms with Crippen LogP contribution in [0.5, 0.6) is 0 Å². The lowest BCUT2D eigenvalue weighted by atomic mass is 10.2. The van der Waals surface area contributed by atoms with Crippen LogP contribution in [-0.4, -0.2) is 35.7 Å². The van der Waals surface area contributed by atoms with Crippen molar-refractivity contribution in [2.24, 2.45) is 0 Å². The molecule has 148 valence electrons. The highest BCUT2D eigenvalue weighted by Crippen LogP contribution is 2.35. The second-order valence-corrected chi connectivity index (χ2v) is 9.05. The Morgan fingerprint density at radius 3 is 2.41 bits per heavy atom. The van der Waals surface area contributed by atoms with Crippen LogP contribution in [0.1, 0.15) is 12.8 Å². The highest BCUT2D eigenvalue weighted by Gasteiger charge is 2.31. The van der Waals surface area contributed by atoms with Gasteiger partial charge in [-0.25, -0.2) is 18.4 Å². The van der Waals surface area contributed by atoms with Gasteiger partial charge >= 0.3 is 0 Å². The van der Waals surface area contributed by atoms with E-state index in [-0.39, 0.29) is 21.7 Å². The van der Waals surface area contributed by atoms with E-state index in [1.54, 1.807) is 34.9 Å². The number of ether oxygens (including phenoxy) is 1. The van der Waals surface area contributed by atoms with E-state index in [1.165, 1.54) is 0 Å². The fraction of sp³-hybridized carbons (Fsp3) is 0.238. The molecule has 0 spiro atoms. The summed E-state index contributed by atoms with van der Waals surface area (Å²) in [6.45, 7) is 1.15. The van der Waals surface area contributed by atoms with E-state index < -0.39 is 9.84 Å². The third kappa shape index (κ3) is 2.95. The number of sulfone groups is 1. The number of hydrogen-bond donors (Lipinski definition) is 1. The summed E-state index contributed by atoms with van der Waals surface area (Å²) in [6.07, 6.45) is 1.86. The van der Waals surface area contributed by atoms with Gasteiger partial charge in [0.05, 0.1) is 28.6 Å². The molecule has 2 aromatic carbocycles. The number of anilines is 1. The lowest BCUT2D eigenvalue weighted by molar-refractivity contribution is 0.0983. The summed E-state index contributed by atoms with van der Waals surface area (Å²) in [6, 6.07) is 15.7. The Kier molecular flexibility index (Phi) is 4.25. The predicted octanol–water partition coefficient (Wildman–Crippen LogP) is 3.18. The van der Waals surface area contributed by atoms with Crippen LogP contribution in [0.3, 0.4) is 0 Å². The first-order valence-electron chi connectivity index (χ1n) is 9.52. The number of hydrogen-bond acceptors (Lipinski definition) is 6. The summed E-state index contributed by atoms with van der Waals surface area (Å²) in [5.74, 6) is 0.148. The van der Waals surface area contributed by atoms with Gasteiger partial charge in [-0.2, -0.15) is 0 Å². The van der Waals surface area contributed by atoms with Crippen molar-refractivity contribution in [3.63, 3.8) is 0 Å². The Bertz CT molecular complexity index is 1310. The Labute approximate surface area is 168 Å². The van der Waals surface area contributed by atoms with Gasteiger partial charge in [0.1, 0.15) is 16.2 Å². The van der Waals surface area contributed by atoms with Crippen molar-refractivity contribution in [3.05, 3.63) is 54.6 Å². The lowest BCUT2D eigenvalue weighted by Gasteiger charge is -2.13. The first kappa shape index (κ1) is 18.1. The molecule has 29 heavy (non-hydrogen) atoms. The minimum Gasteiger partial charge on any atom is -0.384 e. The number of nitrogens with zero attached hydrogens (tertiary/aromatic N) is 3. The number of para-hydroxylation sites is 2. The Morgan fingerprint density at radius 1 is 1.03 bits per heavy atom. The quantitative estimate of drug-likeness (QED) is 0.557. The smallest absolute Gasteiger partial charge is 0.212 e. The molecule has 0 bridgehead atoms. The van der Waals surface area contributed by atoms with Gasteiger partial charge in [-0.15, -0.1) is 0 Å². The van der Waals surface area contributed by atoms with E-state index in [0.717, 1.165) is 12.8 Å². The third-order valence-corrected chi connectivity index (χ3v) is 7.11. The van der Waals surface area contributed by atoms with Crippen LogP contribution in [0.15, 0.2) is 64.4 Å². The van der Waals surface area contributed by atoms with Crippen LogP contribution in [0.25, 0.3) is 22.2 Å². The van der Waals surface area contributed by atoms with Gasteiger partial charge in [-0.05, 0) is 37.1 Å². The maximum atomic E-state index is 13.5. The molecule has 0 saturated carbocycles. The average molecular weight is 408 g/mol. The molecular weight excluding hydrogens is 388 g/mol. The average Bonchev–Trinajstić information content (AvgIpc) is 3.34. The maximum Gasteiger partial charge on any atom is 0.212 e. The molecule has 0 unspecified atom stereocenters. The van der Waals surface area contributed by atoms with Crippen LogP contribution in [0.2, 0.25) is 0 Å². The Hall–Kier alpha value is -2.97. The number of nitrogens with two attached hydrogens (primary N) is 1. The van der Waals surface area contributed by atoms with E-state index in [2.05, 4.69) is 4.98 Å². The Balaban J connectivity index is 1.80. The number of benzene rings is 2. The molecule has 0 radical (unpaired) electrons. The molecule has 4 aromatic rings. The standard InChI is InChI=1S/C21H20N4O3S/c22-20-19(29(26,27)15-8-2-1-3-9-15)18-21(25(20)13-14-7-6-12-28-14)24-17-11-5-4-10-16(17)23-18/h1-5,8-11,14H,6-7,12-13,22H2/t14-/m1/s1. The zero-order chi connectivity index (χ0) is 20.0. The van der Waals surface area contributed by atoms with Crippen molar-refractivity contribution < 1.29 is 13.2 Å². The number of nitrogen functional groups attached to an aromatic ring is 1. The number of fused-ring (bicyclic) bond motifs is 2. The summed E-state index contributed by atoms with van der Waals surface area (Å²) < 4.78 is 34.4. The summed E-state index contributed by atoms with van der Waals surface area (Å²) in [7, 11) is -3.87. The molecule has 1 aliphatic heterocycles. The van der Waals surface area contributed by atoms with Crippen molar-refractivity contribution in [1.29, 1.82) is 0 Å². The van der Waals surface area contributed by atoms with Gasteiger partial charge in [-0.3, -0.25) is 0 Å². The minimum absolute atomic E-state index is 0.00921. The molecule has 0 aliphatic carbocycles. The fourth-order valence-electron chi connectivity index (χ4n) is 3.85. The second-order valence-electron chi connectivity index (χ2n) is 7.16. The van der Waals surface area contributed by atoms with E-state index in [4.69, 9.17) is 15.5 Å². The van der Waals surface area contributed by atoms with Gasteiger partial charge in [0, 0.05) is 6.61 Å². The number of rotatable bonds is 4. The molecule has 1 aliphatic rings. The molecule has 2 aromatic heterocycles. The molecular formula is C21H20N4O3S. The molecule has 0 amide bonds. The largest absolute Gasteiger partial charge is 0.384 e. The van der Waals surface area contributed by atoms with E-state index in [9.17, 15) is 8.42 Å². The van der Waals surface area contributed by atoms with Crippen molar-refractivity contribution >= 4 is 37.9 Å². The zero-order valence-corrected chi connectivity index (χ0v) is 16.5. The van der Waals surface area contributed by atoms with Crippen molar-refractivity contribution in [3.8, 4) is 0 Å². The predicted molar refractivity (Wildman–Crippen MR) is 110 cm³/mol. The van der Waals surface area contributed by atoms with Gasteiger partial charge in [0.15, 0.2) is 5.65 Å². The van der Waals surface area contributed by atoms with Gasteiger partial charge in [0.25, 0.3) is 0 Å². The highest BCUT2D eigenvalue weighted by atomic mass is 32.2. The minimum atomic E-state index is -3.87. The van der Waals surface area contributed by atoms with Gasteiger partial charge < -0.3 is 15.0 Å². The second kappa shape index (κ2) is 6.82. The molecule has 8 heteroatoms.